The van der Waals surface area contributed by atoms with Crippen molar-refractivity contribution in [1.29, 1.82) is 0 Å². The summed E-state index contributed by atoms with van der Waals surface area (Å²) in [5.74, 6) is 1.52. The number of ether oxygens (including phenoxy) is 4. The van der Waals surface area contributed by atoms with E-state index >= 15 is 0 Å². The van der Waals surface area contributed by atoms with Gasteiger partial charge in [-0.15, -0.1) is 0 Å². The Kier molecular flexibility index (Phi) is 7.59. The Hall–Kier alpha value is -2.41. The third-order valence-corrected chi connectivity index (χ3v) is 4.39. The number of amides is 1. The summed E-state index contributed by atoms with van der Waals surface area (Å²) in [6.45, 7) is 0.0877. The van der Waals surface area contributed by atoms with Gasteiger partial charge in [0.15, 0.2) is 11.5 Å². The maximum absolute atomic E-state index is 12.2. The SMILES string of the molecule is COc1cc(COC(=O)N[C@@H]2CC/C=C/CC[C@@H]2N)cc(OC)c1OC. The molecule has 0 saturated heterocycles. The van der Waals surface area contributed by atoms with E-state index in [1.165, 1.54) is 7.11 Å². The molecule has 2 atom stereocenters. The molecule has 0 bridgehead atoms. The van der Waals surface area contributed by atoms with Crippen molar-refractivity contribution in [1.82, 2.24) is 5.32 Å². The molecule has 0 spiro atoms. The standard InChI is InChI=1S/C19H28N2O5/c1-23-16-10-13(11-17(24-2)18(16)25-3)12-26-19(22)21-15-9-7-5-4-6-8-14(15)20/h4-5,10-11,14-15H,6-9,12,20H2,1-3H3,(H,21,22)/b5-4+/t14-,15+/m0/s1. The molecule has 7 heteroatoms. The number of benzene rings is 1. The van der Waals surface area contributed by atoms with E-state index in [1.54, 1.807) is 26.4 Å². The molecule has 2 rings (SSSR count). The molecular weight excluding hydrogens is 336 g/mol. The lowest BCUT2D eigenvalue weighted by Gasteiger charge is -2.25. The van der Waals surface area contributed by atoms with Crippen LogP contribution in [-0.4, -0.2) is 39.5 Å². The molecule has 0 radical (unpaired) electrons. The summed E-state index contributed by atoms with van der Waals surface area (Å²) in [6, 6.07) is 3.34. The summed E-state index contributed by atoms with van der Waals surface area (Å²) in [5.41, 5.74) is 6.90. The van der Waals surface area contributed by atoms with E-state index < -0.39 is 6.09 Å². The van der Waals surface area contributed by atoms with E-state index in [2.05, 4.69) is 17.5 Å². The molecule has 26 heavy (non-hydrogen) atoms. The third-order valence-electron chi connectivity index (χ3n) is 4.39. The van der Waals surface area contributed by atoms with Gasteiger partial charge in [-0.2, -0.15) is 0 Å². The molecule has 0 aliphatic heterocycles. The van der Waals surface area contributed by atoms with Crippen LogP contribution in [0.1, 0.15) is 31.2 Å². The molecule has 0 aromatic heterocycles. The second kappa shape index (κ2) is 9.91. The number of nitrogens with two attached hydrogens (primary N) is 1. The second-order valence-corrected chi connectivity index (χ2v) is 6.15. The minimum Gasteiger partial charge on any atom is -0.493 e. The van der Waals surface area contributed by atoms with Gasteiger partial charge < -0.3 is 30.0 Å². The average Bonchev–Trinajstić information content (AvgIpc) is 2.65. The van der Waals surface area contributed by atoms with E-state index in [0.717, 1.165) is 31.2 Å². The highest BCUT2D eigenvalue weighted by Gasteiger charge is 2.21. The van der Waals surface area contributed by atoms with Crippen molar-refractivity contribution in [2.24, 2.45) is 5.73 Å². The Labute approximate surface area is 154 Å². The van der Waals surface area contributed by atoms with Crippen LogP contribution in [0, 0.1) is 0 Å². The van der Waals surface area contributed by atoms with Gasteiger partial charge >= 0.3 is 6.09 Å². The molecule has 1 amide bonds. The Bertz CT molecular complexity index is 607. The number of nitrogens with one attached hydrogen (secondary N) is 1. The summed E-state index contributed by atoms with van der Waals surface area (Å²) in [5, 5.41) is 2.88. The number of methoxy groups -OCH3 is 3. The second-order valence-electron chi connectivity index (χ2n) is 6.15. The minimum absolute atomic E-state index is 0.0753. The van der Waals surface area contributed by atoms with Crippen molar-refractivity contribution in [2.45, 2.75) is 44.4 Å². The van der Waals surface area contributed by atoms with Gasteiger partial charge in [0.05, 0.1) is 21.3 Å². The number of carbonyl (C=O) groups excluding carboxylic acids is 1. The third kappa shape index (κ3) is 5.29. The fourth-order valence-electron chi connectivity index (χ4n) is 2.96. The minimum atomic E-state index is -0.483. The fourth-order valence-corrected chi connectivity index (χ4v) is 2.96. The molecule has 1 aliphatic carbocycles. The molecule has 1 aliphatic rings. The van der Waals surface area contributed by atoms with Crippen LogP contribution in [-0.2, 0) is 11.3 Å². The monoisotopic (exact) mass is 364 g/mol. The topological polar surface area (TPSA) is 92.0 Å². The van der Waals surface area contributed by atoms with E-state index in [-0.39, 0.29) is 18.7 Å². The maximum Gasteiger partial charge on any atom is 0.407 e. The lowest BCUT2D eigenvalue weighted by Crippen LogP contribution is -2.47. The van der Waals surface area contributed by atoms with Gasteiger partial charge in [-0.3, -0.25) is 0 Å². The van der Waals surface area contributed by atoms with Gasteiger partial charge in [0, 0.05) is 12.1 Å². The molecular formula is C19H28N2O5. The molecule has 1 aromatic rings. The van der Waals surface area contributed by atoms with Crippen molar-refractivity contribution in [3.8, 4) is 17.2 Å². The van der Waals surface area contributed by atoms with Crippen molar-refractivity contribution in [3.05, 3.63) is 29.8 Å². The number of rotatable bonds is 6. The summed E-state index contributed by atoms with van der Waals surface area (Å²) < 4.78 is 21.2. The zero-order chi connectivity index (χ0) is 18.9. The Morgan fingerprint density at radius 1 is 1.08 bits per heavy atom. The lowest BCUT2D eigenvalue weighted by molar-refractivity contribution is 0.132. The first-order chi connectivity index (χ1) is 12.6. The van der Waals surface area contributed by atoms with Crippen LogP contribution < -0.4 is 25.3 Å². The lowest BCUT2D eigenvalue weighted by atomic mass is 9.96. The van der Waals surface area contributed by atoms with Gasteiger partial charge in [0.25, 0.3) is 0 Å². The van der Waals surface area contributed by atoms with Crippen LogP contribution >= 0.6 is 0 Å². The zero-order valence-electron chi connectivity index (χ0n) is 15.6. The van der Waals surface area contributed by atoms with Crippen LogP contribution in [0.2, 0.25) is 0 Å². The van der Waals surface area contributed by atoms with Crippen LogP contribution in [0.15, 0.2) is 24.3 Å². The number of hydrogen-bond donors (Lipinski definition) is 2. The molecule has 3 N–H and O–H groups in total. The Morgan fingerprint density at radius 3 is 2.27 bits per heavy atom. The van der Waals surface area contributed by atoms with Crippen molar-refractivity contribution < 1.29 is 23.7 Å². The van der Waals surface area contributed by atoms with Crippen molar-refractivity contribution in [3.63, 3.8) is 0 Å². The summed E-state index contributed by atoms with van der Waals surface area (Å²) in [4.78, 5) is 12.2. The normalized spacial score (nSPS) is 21.1. The molecule has 144 valence electrons. The van der Waals surface area contributed by atoms with Gasteiger partial charge in [-0.05, 0) is 43.4 Å². The number of hydrogen-bond acceptors (Lipinski definition) is 6. The number of alkyl carbamates (subject to hydrolysis) is 1. The summed E-state index contributed by atoms with van der Waals surface area (Å²) in [6.07, 6.45) is 7.25. The first-order valence-corrected chi connectivity index (χ1v) is 8.71. The Morgan fingerprint density at radius 2 is 1.69 bits per heavy atom. The first kappa shape index (κ1) is 19.9. The molecule has 1 aromatic carbocycles. The highest BCUT2D eigenvalue weighted by atomic mass is 16.5. The van der Waals surface area contributed by atoms with Crippen LogP contribution in [0.4, 0.5) is 4.79 Å². The van der Waals surface area contributed by atoms with Crippen LogP contribution in [0.5, 0.6) is 17.2 Å². The highest BCUT2D eigenvalue weighted by molar-refractivity contribution is 5.67. The van der Waals surface area contributed by atoms with E-state index in [1.807, 2.05) is 0 Å². The smallest absolute Gasteiger partial charge is 0.407 e. The van der Waals surface area contributed by atoms with Gasteiger partial charge in [-0.25, -0.2) is 4.79 Å². The molecule has 7 nitrogen and oxygen atoms in total. The van der Waals surface area contributed by atoms with Crippen LogP contribution in [0.3, 0.4) is 0 Å². The predicted molar refractivity (Wildman–Crippen MR) is 98.8 cm³/mol. The predicted octanol–water partition coefficient (Wildman–Crippen LogP) is 2.76. The van der Waals surface area contributed by atoms with E-state index in [4.69, 9.17) is 24.7 Å². The molecule has 0 heterocycles. The highest BCUT2D eigenvalue weighted by Crippen LogP contribution is 2.38. The molecule has 0 fully saturated rings. The molecule has 0 unspecified atom stereocenters. The quantitative estimate of drug-likeness (QED) is 0.754. The number of carbonyl (C=O) groups is 1. The number of allylic oxidation sites excluding steroid dienone is 2. The average molecular weight is 364 g/mol. The maximum atomic E-state index is 12.2. The van der Waals surface area contributed by atoms with E-state index in [0.29, 0.717) is 17.2 Å². The summed E-state index contributed by atoms with van der Waals surface area (Å²) >= 11 is 0. The van der Waals surface area contributed by atoms with Crippen molar-refractivity contribution in [2.75, 3.05) is 21.3 Å². The largest absolute Gasteiger partial charge is 0.493 e. The van der Waals surface area contributed by atoms with Gasteiger partial charge in [0.2, 0.25) is 5.75 Å². The summed E-state index contributed by atoms with van der Waals surface area (Å²) in [7, 11) is 4.62. The van der Waals surface area contributed by atoms with Gasteiger partial charge in [-0.1, -0.05) is 12.2 Å². The van der Waals surface area contributed by atoms with E-state index in [9.17, 15) is 4.79 Å². The Balaban J connectivity index is 1.97. The fraction of sp³-hybridized carbons (Fsp3) is 0.526. The van der Waals surface area contributed by atoms with Crippen LogP contribution in [0.25, 0.3) is 0 Å². The van der Waals surface area contributed by atoms with Gasteiger partial charge in [0.1, 0.15) is 6.61 Å². The first-order valence-electron chi connectivity index (χ1n) is 8.71. The zero-order valence-corrected chi connectivity index (χ0v) is 15.6. The molecule has 0 saturated carbocycles. The van der Waals surface area contributed by atoms with Crippen molar-refractivity contribution >= 4 is 6.09 Å².